The van der Waals surface area contributed by atoms with Crippen LogP contribution >= 0.6 is 0 Å². The lowest BCUT2D eigenvalue weighted by molar-refractivity contribution is -0.308. The van der Waals surface area contributed by atoms with Crippen LogP contribution in [-0.2, 0) is 9.53 Å². The molecule has 0 aromatic heterocycles. The minimum absolute atomic E-state index is 0.00174. The fourth-order valence-electron chi connectivity index (χ4n) is 1.37. The molecule has 0 radical (unpaired) electrons. The van der Waals surface area contributed by atoms with Gasteiger partial charge in [0.2, 0.25) is 0 Å². The van der Waals surface area contributed by atoms with E-state index in [1.807, 2.05) is 0 Å². The smallest absolute Gasteiger partial charge is 0.408 e. The van der Waals surface area contributed by atoms with Gasteiger partial charge in [0, 0.05) is 0 Å². The summed E-state index contributed by atoms with van der Waals surface area (Å²) in [6.07, 6.45) is -0.852. The second kappa shape index (κ2) is 5.60. The van der Waals surface area contributed by atoms with E-state index in [-0.39, 0.29) is 11.3 Å². The van der Waals surface area contributed by atoms with Crippen LogP contribution in [-0.4, -0.2) is 22.8 Å². The first-order valence-corrected chi connectivity index (χ1v) is 5.68. The number of rotatable bonds is 3. The maximum absolute atomic E-state index is 11.5. The average molecular weight is 266 g/mol. The Morgan fingerprint density at radius 3 is 2.21 bits per heavy atom. The summed E-state index contributed by atoms with van der Waals surface area (Å²) in [5, 5.41) is 22.4. The number of hydrogen-bond donors (Lipinski definition) is 2. The summed E-state index contributed by atoms with van der Waals surface area (Å²) in [4.78, 5) is 22.6. The Bertz CT molecular complexity index is 461. The summed E-state index contributed by atoms with van der Waals surface area (Å²) in [6.45, 7) is 5.00. The van der Waals surface area contributed by atoms with Crippen LogP contribution in [0.5, 0.6) is 5.75 Å². The van der Waals surface area contributed by atoms with Gasteiger partial charge >= 0.3 is 6.09 Å². The minimum Gasteiger partial charge on any atom is -0.548 e. The van der Waals surface area contributed by atoms with E-state index < -0.39 is 23.7 Å². The monoisotopic (exact) mass is 266 g/mol. The van der Waals surface area contributed by atoms with E-state index in [0.29, 0.717) is 0 Å². The maximum atomic E-state index is 11.5. The highest BCUT2D eigenvalue weighted by atomic mass is 16.6. The summed E-state index contributed by atoms with van der Waals surface area (Å²) in [7, 11) is 0. The van der Waals surface area contributed by atoms with Gasteiger partial charge in [-0.2, -0.15) is 0 Å². The third kappa shape index (κ3) is 4.87. The van der Waals surface area contributed by atoms with Crippen molar-refractivity contribution >= 4 is 12.1 Å². The van der Waals surface area contributed by atoms with E-state index in [4.69, 9.17) is 9.84 Å². The summed E-state index contributed by atoms with van der Waals surface area (Å²) in [5.41, 5.74) is -0.445. The van der Waals surface area contributed by atoms with E-state index in [0.717, 1.165) is 0 Å². The molecule has 1 rings (SSSR count). The normalized spacial score (nSPS) is 12.6. The van der Waals surface area contributed by atoms with Gasteiger partial charge in [-0.05, 0) is 38.5 Å². The zero-order chi connectivity index (χ0) is 14.6. The van der Waals surface area contributed by atoms with Crippen molar-refractivity contribution in [2.75, 3.05) is 0 Å². The van der Waals surface area contributed by atoms with E-state index in [2.05, 4.69) is 5.32 Å². The van der Waals surface area contributed by atoms with E-state index in [9.17, 15) is 14.7 Å². The number of benzene rings is 1. The third-order valence-electron chi connectivity index (χ3n) is 2.12. The molecule has 1 atom stereocenters. The van der Waals surface area contributed by atoms with Crippen LogP contribution in [0.25, 0.3) is 0 Å². The SMILES string of the molecule is CC(C)(C)OC(=O)N[C@H](C(=O)[O-])c1ccc(O)cc1. The number of alkyl carbamates (subject to hydrolysis) is 1. The lowest BCUT2D eigenvalue weighted by atomic mass is 10.1. The minimum atomic E-state index is -1.46. The van der Waals surface area contributed by atoms with E-state index in [1.54, 1.807) is 20.8 Å². The zero-order valence-corrected chi connectivity index (χ0v) is 11.0. The number of hydrogen-bond acceptors (Lipinski definition) is 5. The highest BCUT2D eigenvalue weighted by Crippen LogP contribution is 2.17. The largest absolute Gasteiger partial charge is 0.548 e. The fraction of sp³-hybridized carbons (Fsp3) is 0.385. The molecule has 104 valence electrons. The molecule has 0 fully saturated rings. The lowest BCUT2D eigenvalue weighted by Gasteiger charge is -2.24. The van der Waals surface area contributed by atoms with Gasteiger partial charge in [-0.3, -0.25) is 0 Å². The quantitative estimate of drug-likeness (QED) is 0.839. The van der Waals surface area contributed by atoms with Crippen LogP contribution in [0, 0.1) is 0 Å². The molecule has 0 aliphatic carbocycles. The Morgan fingerprint density at radius 2 is 1.79 bits per heavy atom. The number of phenols is 1. The standard InChI is InChI=1S/C13H17NO5/c1-13(2,3)19-12(18)14-10(11(16)17)8-4-6-9(15)7-5-8/h4-7,10,15H,1-3H3,(H,14,18)(H,16,17)/p-1/t10-/m0/s1. The molecule has 1 aromatic carbocycles. The number of carbonyl (C=O) groups excluding carboxylic acids is 2. The molecule has 0 bridgehead atoms. The number of carbonyl (C=O) groups is 2. The van der Waals surface area contributed by atoms with Crippen LogP contribution in [0.15, 0.2) is 24.3 Å². The van der Waals surface area contributed by atoms with E-state index in [1.165, 1.54) is 24.3 Å². The second-order valence-corrected chi connectivity index (χ2v) is 4.99. The number of aromatic hydroxyl groups is 1. The second-order valence-electron chi connectivity index (χ2n) is 4.99. The molecule has 6 nitrogen and oxygen atoms in total. The third-order valence-corrected chi connectivity index (χ3v) is 2.12. The van der Waals surface area contributed by atoms with E-state index >= 15 is 0 Å². The summed E-state index contributed by atoms with van der Waals surface area (Å²) in [5.74, 6) is -1.46. The Labute approximate surface area is 111 Å². The predicted octanol–water partition coefficient (Wildman–Crippen LogP) is 0.708. The molecule has 0 saturated carbocycles. The van der Waals surface area contributed by atoms with Crippen LogP contribution in [0.4, 0.5) is 4.79 Å². The van der Waals surface area contributed by atoms with Crippen LogP contribution < -0.4 is 10.4 Å². The molecule has 19 heavy (non-hydrogen) atoms. The first-order valence-electron chi connectivity index (χ1n) is 5.68. The van der Waals surface area contributed by atoms with Crippen molar-refractivity contribution in [1.82, 2.24) is 5.32 Å². The molecule has 0 spiro atoms. The van der Waals surface area contributed by atoms with Gasteiger partial charge in [-0.25, -0.2) is 4.79 Å². The van der Waals surface area contributed by atoms with Crippen molar-refractivity contribution in [1.29, 1.82) is 0 Å². The van der Waals surface area contributed by atoms with Crippen LogP contribution in [0.1, 0.15) is 32.4 Å². The average Bonchev–Trinajstić information content (AvgIpc) is 2.24. The maximum Gasteiger partial charge on any atom is 0.408 e. The van der Waals surface area contributed by atoms with Crippen LogP contribution in [0.2, 0.25) is 0 Å². The molecule has 0 saturated heterocycles. The molecule has 1 aromatic rings. The molecule has 0 unspecified atom stereocenters. The number of carboxylic acids is 1. The van der Waals surface area contributed by atoms with Gasteiger partial charge in [-0.1, -0.05) is 12.1 Å². The number of nitrogens with one attached hydrogen (secondary N) is 1. The Kier molecular flexibility index (Phi) is 4.37. The van der Waals surface area contributed by atoms with Gasteiger partial charge in [-0.15, -0.1) is 0 Å². The molecular weight excluding hydrogens is 250 g/mol. The molecule has 6 heteroatoms. The Morgan fingerprint density at radius 1 is 1.26 bits per heavy atom. The van der Waals surface area contributed by atoms with Crippen molar-refractivity contribution in [3.8, 4) is 5.75 Å². The van der Waals surface area contributed by atoms with Crippen molar-refractivity contribution in [3.05, 3.63) is 29.8 Å². The van der Waals surface area contributed by atoms with Gasteiger partial charge in [0.15, 0.2) is 0 Å². The summed E-state index contributed by atoms with van der Waals surface area (Å²) < 4.78 is 4.97. The topological polar surface area (TPSA) is 98.7 Å². The molecule has 1 amide bonds. The zero-order valence-electron chi connectivity index (χ0n) is 11.0. The number of ether oxygens (including phenoxy) is 1. The lowest BCUT2D eigenvalue weighted by Crippen LogP contribution is -2.43. The molecule has 0 heterocycles. The molecule has 2 N–H and O–H groups in total. The molecular formula is C13H16NO5-. The van der Waals surface area contributed by atoms with Crippen molar-refractivity contribution in [3.63, 3.8) is 0 Å². The van der Waals surface area contributed by atoms with Crippen molar-refractivity contribution in [2.24, 2.45) is 0 Å². The fourth-order valence-corrected chi connectivity index (χ4v) is 1.37. The number of carboxylic acid groups (broad SMARTS) is 1. The predicted molar refractivity (Wildman–Crippen MR) is 65.2 cm³/mol. The first kappa shape index (κ1) is 14.8. The van der Waals surface area contributed by atoms with Gasteiger partial charge in [0.25, 0.3) is 0 Å². The number of phenolic OH excluding ortho intramolecular Hbond substituents is 1. The number of aliphatic carboxylic acids is 1. The summed E-state index contributed by atoms with van der Waals surface area (Å²) in [6, 6.07) is 4.07. The Balaban J connectivity index is 2.82. The van der Waals surface area contributed by atoms with Gasteiger partial charge in [0.05, 0.1) is 12.0 Å². The van der Waals surface area contributed by atoms with Crippen molar-refractivity contribution in [2.45, 2.75) is 32.4 Å². The highest BCUT2D eigenvalue weighted by Gasteiger charge is 2.21. The van der Waals surface area contributed by atoms with Gasteiger partial charge in [0.1, 0.15) is 11.4 Å². The van der Waals surface area contributed by atoms with Crippen LogP contribution in [0.3, 0.4) is 0 Å². The highest BCUT2D eigenvalue weighted by molar-refractivity contribution is 5.80. The van der Waals surface area contributed by atoms with Gasteiger partial charge < -0.3 is 25.1 Å². The first-order chi connectivity index (χ1) is 8.69. The van der Waals surface area contributed by atoms with Crippen molar-refractivity contribution < 1.29 is 24.5 Å². The number of amides is 1. The molecule has 0 aliphatic rings. The molecule has 0 aliphatic heterocycles. The Hall–Kier alpha value is -2.24. The summed E-state index contributed by atoms with van der Waals surface area (Å²) >= 11 is 0.